The van der Waals surface area contributed by atoms with Gasteiger partial charge >= 0.3 is 6.09 Å². The van der Waals surface area contributed by atoms with Gasteiger partial charge in [0, 0.05) is 12.1 Å². The molecule has 1 aliphatic heterocycles. The molecule has 1 fully saturated rings. The Labute approximate surface area is 192 Å². The molecule has 0 saturated carbocycles. The third-order valence-corrected chi connectivity index (χ3v) is 6.15. The molecule has 3 N–H and O–H groups in total. The second kappa shape index (κ2) is 11.1. The molecule has 1 aliphatic rings. The summed E-state index contributed by atoms with van der Waals surface area (Å²) in [7, 11) is 0. The van der Waals surface area contributed by atoms with Gasteiger partial charge in [-0.1, -0.05) is 63.9 Å². The van der Waals surface area contributed by atoms with E-state index in [2.05, 4.69) is 12.2 Å². The second-order valence-corrected chi connectivity index (χ2v) is 10.1. The number of nitrogens with zero attached hydrogens (tertiary/aromatic N) is 2. The van der Waals surface area contributed by atoms with Crippen molar-refractivity contribution in [3.63, 3.8) is 0 Å². The number of aliphatic hydroxyl groups is 1. The topological polar surface area (TPSA) is 93.1 Å². The molecule has 2 rings (SSSR count). The highest BCUT2D eigenvalue weighted by atomic mass is 16.4. The molecule has 4 atom stereocenters. The van der Waals surface area contributed by atoms with Gasteiger partial charge < -0.3 is 15.1 Å². The van der Waals surface area contributed by atoms with Gasteiger partial charge in [0.15, 0.2) is 0 Å². The summed E-state index contributed by atoms with van der Waals surface area (Å²) in [6.07, 6.45) is 0.857. The van der Waals surface area contributed by atoms with Gasteiger partial charge in [0.05, 0.1) is 18.3 Å². The maximum absolute atomic E-state index is 13.4. The lowest BCUT2D eigenvalue weighted by Crippen LogP contribution is -2.61. The zero-order valence-corrected chi connectivity index (χ0v) is 20.4. The van der Waals surface area contributed by atoms with Crippen LogP contribution in [-0.4, -0.2) is 68.5 Å². The first-order valence-corrected chi connectivity index (χ1v) is 11.8. The number of aliphatic hydroxyl groups excluding tert-OH is 1. The molecule has 0 aliphatic carbocycles. The van der Waals surface area contributed by atoms with Crippen molar-refractivity contribution in [2.75, 3.05) is 6.54 Å². The molecule has 1 heterocycles. The van der Waals surface area contributed by atoms with Crippen LogP contribution in [0.1, 0.15) is 66.4 Å². The Morgan fingerprint density at radius 2 is 1.81 bits per heavy atom. The van der Waals surface area contributed by atoms with E-state index in [0.29, 0.717) is 13.0 Å². The molecule has 0 aromatic heterocycles. The van der Waals surface area contributed by atoms with E-state index in [4.69, 9.17) is 0 Å². The lowest BCUT2D eigenvalue weighted by atomic mass is 9.91. The third-order valence-electron chi connectivity index (χ3n) is 6.15. The Bertz CT molecular complexity index is 747. The van der Waals surface area contributed by atoms with Gasteiger partial charge in [0.2, 0.25) is 5.91 Å². The molecule has 7 heteroatoms. The number of carbonyl (C=O) groups excluding carboxylic acids is 1. The van der Waals surface area contributed by atoms with Gasteiger partial charge in [0.1, 0.15) is 6.04 Å². The SMILES string of the molecule is CCCCCN1C(=O)[C@H]([C@@H](O)[C@H](Cc2ccccc2)N(C(=O)O)C(C)(C)C)NC1C(C)C. The van der Waals surface area contributed by atoms with Crippen molar-refractivity contribution >= 4 is 12.0 Å². The zero-order chi connectivity index (χ0) is 24.1. The number of rotatable bonds is 10. The smallest absolute Gasteiger partial charge is 0.408 e. The van der Waals surface area contributed by atoms with Crippen molar-refractivity contribution in [2.45, 2.75) is 97.1 Å². The van der Waals surface area contributed by atoms with Crippen LogP contribution in [0.2, 0.25) is 0 Å². The standard InChI is InChI=1S/C25H41N3O4/c1-7-8-12-15-27-22(17(2)3)26-20(23(27)30)21(29)19(16-18-13-10-9-11-14-18)28(24(31)32)25(4,5)6/h9-11,13-14,17,19-22,26,29H,7-8,12,15-16H2,1-6H3,(H,31,32)/t19-,20-,21-,22?/m0/s1. The molecule has 7 nitrogen and oxygen atoms in total. The fraction of sp³-hybridized carbons (Fsp3) is 0.680. The van der Waals surface area contributed by atoms with Crippen LogP contribution in [0.5, 0.6) is 0 Å². The van der Waals surface area contributed by atoms with Crippen molar-refractivity contribution in [3.05, 3.63) is 35.9 Å². The predicted molar refractivity (Wildman–Crippen MR) is 126 cm³/mol. The highest BCUT2D eigenvalue weighted by Crippen LogP contribution is 2.28. The van der Waals surface area contributed by atoms with Crippen LogP contribution in [-0.2, 0) is 11.2 Å². The predicted octanol–water partition coefficient (Wildman–Crippen LogP) is 3.71. The summed E-state index contributed by atoms with van der Waals surface area (Å²) in [6, 6.07) is 7.90. The monoisotopic (exact) mass is 447 g/mol. The molecule has 1 unspecified atom stereocenters. The van der Waals surface area contributed by atoms with E-state index in [-0.39, 0.29) is 18.0 Å². The van der Waals surface area contributed by atoms with Crippen LogP contribution in [0, 0.1) is 5.92 Å². The van der Waals surface area contributed by atoms with Crippen molar-refractivity contribution in [3.8, 4) is 0 Å². The van der Waals surface area contributed by atoms with Crippen LogP contribution in [0.15, 0.2) is 30.3 Å². The second-order valence-electron chi connectivity index (χ2n) is 10.1. The summed E-state index contributed by atoms with van der Waals surface area (Å²) in [5, 5.41) is 24.9. The summed E-state index contributed by atoms with van der Waals surface area (Å²) in [6.45, 7) is 12.3. The maximum Gasteiger partial charge on any atom is 0.408 e. The fourth-order valence-electron chi connectivity index (χ4n) is 4.61. The van der Waals surface area contributed by atoms with Gasteiger partial charge in [-0.25, -0.2) is 4.79 Å². The van der Waals surface area contributed by atoms with Crippen LogP contribution in [0.3, 0.4) is 0 Å². The summed E-state index contributed by atoms with van der Waals surface area (Å²) >= 11 is 0. The van der Waals surface area contributed by atoms with Gasteiger partial charge in [-0.3, -0.25) is 15.0 Å². The van der Waals surface area contributed by atoms with Crippen LogP contribution >= 0.6 is 0 Å². The minimum absolute atomic E-state index is 0.149. The summed E-state index contributed by atoms with van der Waals surface area (Å²) in [5.41, 5.74) is 0.171. The number of hydrogen-bond donors (Lipinski definition) is 3. The molecule has 0 spiro atoms. The molecule has 32 heavy (non-hydrogen) atoms. The molecular weight excluding hydrogens is 406 g/mol. The molecule has 0 bridgehead atoms. The first kappa shape index (κ1) is 26.1. The van der Waals surface area contributed by atoms with Crippen molar-refractivity contribution in [1.82, 2.24) is 15.1 Å². The van der Waals surface area contributed by atoms with E-state index in [9.17, 15) is 19.8 Å². The molecule has 2 amide bonds. The van der Waals surface area contributed by atoms with Crippen molar-refractivity contribution < 1.29 is 19.8 Å². The Morgan fingerprint density at radius 1 is 1.19 bits per heavy atom. The van der Waals surface area contributed by atoms with E-state index in [0.717, 1.165) is 24.8 Å². The molecule has 0 radical (unpaired) electrons. The minimum atomic E-state index is -1.18. The van der Waals surface area contributed by atoms with Crippen molar-refractivity contribution in [2.24, 2.45) is 5.92 Å². The number of hydrogen-bond acceptors (Lipinski definition) is 4. The highest BCUT2D eigenvalue weighted by molar-refractivity contribution is 5.85. The average Bonchev–Trinajstić information content (AvgIpc) is 3.03. The Morgan fingerprint density at radius 3 is 2.31 bits per heavy atom. The lowest BCUT2D eigenvalue weighted by molar-refractivity contribution is -0.133. The lowest BCUT2D eigenvalue weighted by Gasteiger charge is -2.42. The fourth-order valence-corrected chi connectivity index (χ4v) is 4.61. The molecular formula is C25H41N3O4. The van der Waals surface area contributed by atoms with E-state index in [1.165, 1.54) is 4.90 Å². The van der Waals surface area contributed by atoms with Gasteiger partial charge in [-0.05, 0) is 45.1 Å². The zero-order valence-electron chi connectivity index (χ0n) is 20.4. The first-order chi connectivity index (χ1) is 15.0. The Kier molecular flexibility index (Phi) is 9.10. The van der Waals surface area contributed by atoms with Gasteiger partial charge in [0.25, 0.3) is 0 Å². The van der Waals surface area contributed by atoms with Gasteiger partial charge in [-0.2, -0.15) is 0 Å². The summed E-state index contributed by atoms with van der Waals surface area (Å²) in [5.74, 6) is 0.0214. The molecule has 1 saturated heterocycles. The number of unbranched alkanes of at least 4 members (excludes halogenated alkanes) is 2. The first-order valence-electron chi connectivity index (χ1n) is 11.8. The maximum atomic E-state index is 13.4. The highest BCUT2D eigenvalue weighted by Gasteiger charge is 2.48. The number of amides is 2. The average molecular weight is 448 g/mol. The van der Waals surface area contributed by atoms with Crippen LogP contribution in [0.25, 0.3) is 0 Å². The van der Waals surface area contributed by atoms with E-state index in [1.54, 1.807) is 0 Å². The quantitative estimate of drug-likeness (QED) is 0.476. The number of nitrogens with one attached hydrogen (secondary N) is 1. The normalized spacial score (nSPS) is 21.1. The summed E-state index contributed by atoms with van der Waals surface area (Å²) in [4.78, 5) is 28.8. The minimum Gasteiger partial charge on any atom is -0.465 e. The number of carboxylic acid groups (broad SMARTS) is 1. The van der Waals surface area contributed by atoms with E-state index >= 15 is 0 Å². The molecule has 1 aromatic rings. The molecule has 1 aromatic carbocycles. The van der Waals surface area contributed by atoms with E-state index in [1.807, 2.05) is 69.9 Å². The Hall–Kier alpha value is -2.12. The van der Waals surface area contributed by atoms with Crippen molar-refractivity contribution in [1.29, 1.82) is 0 Å². The van der Waals surface area contributed by atoms with Crippen LogP contribution in [0.4, 0.5) is 4.79 Å². The third kappa shape index (κ3) is 6.23. The largest absolute Gasteiger partial charge is 0.465 e. The molecule has 180 valence electrons. The Balaban J connectivity index is 2.37. The summed E-state index contributed by atoms with van der Waals surface area (Å²) < 4.78 is 0. The number of benzene rings is 1. The van der Waals surface area contributed by atoms with Crippen LogP contribution < -0.4 is 5.32 Å². The van der Waals surface area contributed by atoms with Gasteiger partial charge in [-0.15, -0.1) is 0 Å². The van der Waals surface area contributed by atoms with E-state index < -0.39 is 29.8 Å². The number of carbonyl (C=O) groups is 2.